The monoisotopic (exact) mass is 375 g/mol. The van der Waals surface area contributed by atoms with Gasteiger partial charge in [-0.2, -0.15) is 5.10 Å². The van der Waals surface area contributed by atoms with Crippen LogP contribution in [-0.2, 0) is 4.79 Å². The van der Waals surface area contributed by atoms with Crippen LogP contribution >= 0.6 is 0 Å². The molecule has 2 atom stereocenters. The maximum absolute atomic E-state index is 13.1. The first-order valence-electron chi connectivity index (χ1n) is 9.58. The largest absolute Gasteiger partial charge is 0.346 e. The van der Waals surface area contributed by atoms with E-state index in [1.807, 2.05) is 30.7 Å². The van der Waals surface area contributed by atoms with Gasteiger partial charge in [0, 0.05) is 35.6 Å². The Balaban J connectivity index is 1.39. The van der Waals surface area contributed by atoms with Crippen LogP contribution in [0.15, 0.2) is 42.9 Å². The van der Waals surface area contributed by atoms with Gasteiger partial charge in [-0.3, -0.25) is 4.79 Å². The molecule has 2 saturated carbocycles. The van der Waals surface area contributed by atoms with Gasteiger partial charge in [-0.1, -0.05) is 0 Å². The number of alkyl halides is 1. The number of nitrogens with one attached hydrogen (secondary N) is 2. The van der Waals surface area contributed by atoms with Crippen molar-refractivity contribution in [2.75, 3.05) is 5.32 Å². The van der Waals surface area contributed by atoms with Crippen molar-refractivity contribution in [1.29, 1.82) is 0 Å². The number of rotatable bonds is 4. The number of hydrogen-bond donors (Lipinski definition) is 2. The fourth-order valence-electron chi connectivity index (χ4n) is 3.95. The van der Waals surface area contributed by atoms with E-state index in [9.17, 15) is 9.18 Å². The molecule has 0 radical (unpaired) electrons. The van der Waals surface area contributed by atoms with E-state index in [4.69, 9.17) is 0 Å². The van der Waals surface area contributed by atoms with Crippen molar-refractivity contribution in [1.82, 2.24) is 19.6 Å². The maximum atomic E-state index is 13.1. The Kier molecular flexibility index (Phi) is 3.18. The summed E-state index contributed by atoms with van der Waals surface area (Å²) in [5.74, 6) is 0.206. The Morgan fingerprint density at radius 2 is 2.14 bits per heavy atom. The Hall–Kier alpha value is -3.22. The molecule has 28 heavy (non-hydrogen) atoms. The number of aromatic amines is 1. The first kappa shape index (κ1) is 15.8. The van der Waals surface area contributed by atoms with Crippen LogP contribution < -0.4 is 5.32 Å². The number of amides is 1. The van der Waals surface area contributed by atoms with Crippen molar-refractivity contribution < 1.29 is 9.18 Å². The zero-order chi connectivity index (χ0) is 18.8. The predicted octanol–water partition coefficient (Wildman–Crippen LogP) is 4.05. The van der Waals surface area contributed by atoms with Crippen LogP contribution in [0.4, 0.5) is 10.2 Å². The van der Waals surface area contributed by atoms with Gasteiger partial charge in [-0.25, -0.2) is 13.9 Å². The zero-order valence-electron chi connectivity index (χ0n) is 15.0. The summed E-state index contributed by atoms with van der Waals surface area (Å²) in [6.07, 6.45) is 7.46. The fourth-order valence-corrected chi connectivity index (χ4v) is 3.95. The highest BCUT2D eigenvalue weighted by Crippen LogP contribution is 2.47. The number of H-pyrrole nitrogens is 1. The highest BCUT2D eigenvalue weighted by atomic mass is 19.1. The summed E-state index contributed by atoms with van der Waals surface area (Å²) in [7, 11) is 0. The van der Waals surface area contributed by atoms with E-state index >= 15 is 0 Å². The number of nitrogens with zero attached hydrogens (tertiary/aromatic N) is 3. The van der Waals surface area contributed by atoms with Crippen LogP contribution in [-0.4, -0.2) is 31.7 Å². The van der Waals surface area contributed by atoms with Gasteiger partial charge < -0.3 is 10.3 Å². The molecular weight excluding hydrogens is 357 g/mol. The van der Waals surface area contributed by atoms with Crippen LogP contribution in [0.25, 0.3) is 27.7 Å². The van der Waals surface area contributed by atoms with Gasteiger partial charge in [-0.05, 0) is 54.5 Å². The molecule has 0 bridgehead atoms. The average Bonchev–Trinajstić information content (AvgIpc) is 3.56. The zero-order valence-corrected chi connectivity index (χ0v) is 15.0. The first-order valence-corrected chi connectivity index (χ1v) is 9.58. The Morgan fingerprint density at radius 3 is 2.93 bits per heavy atom. The molecule has 2 aliphatic rings. The van der Waals surface area contributed by atoms with E-state index in [1.165, 1.54) is 23.8 Å². The summed E-state index contributed by atoms with van der Waals surface area (Å²) in [6.45, 7) is 0. The molecule has 6 nitrogen and oxygen atoms in total. The standard InChI is InChI=1S/C21H18FN5O/c22-17-9-15(17)21(28)25-18-8-13-7-12(4-6-27(13)26-18)16-10-24-20-14(3-5-23-20)19(16)11-1-2-11/h3-8,10-11,15,17H,1-2,9H2,(H,23,24)(H,25,26,28). The van der Waals surface area contributed by atoms with Crippen LogP contribution in [0.2, 0.25) is 0 Å². The van der Waals surface area contributed by atoms with E-state index < -0.39 is 12.1 Å². The van der Waals surface area contributed by atoms with E-state index in [0.29, 0.717) is 18.2 Å². The smallest absolute Gasteiger partial charge is 0.231 e. The second-order valence-electron chi connectivity index (χ2n) is 7.76. The minimum Gasteiger partial charge on any atom is -0.346 e. The molecule has 7 heteroatoms. The lowest BCUT2D eigenvalue weighted by Crippen LogP contribution is -2.15. The van der Waals surface area contributed by atoms with Crippen molar-refractivity contribution in [2.45, 2.75) is 31.4 Å². The lowest BCUT2D eigenvalue weighted by Gasteiger charge is -2.10. The second kappa shape index (κ2) is 5.64. The quantitative estimate of drug-likeness (QED) is 0.565. The lowest BCUT2D eigenvalue weighted by atomic mass is 9.97. The summed E-state index contributed by atoms with van der Waals surface area (Å²) in [4.78, 5) is 19.7. The molecule has 2 aliphatic carbocycles. The number of pyridine rings is 2. The van der Waals surface area contributed by atoms with Gasteiger partial charge in [0.15, 0.2) is 5.82 Å². The number of fused-ring (bicyclic) bond motifs is 2. The van der Waals surface area contributed by atoms with Gasteiger partial charge in [0.05, 0.1) is 11.4 Å². The third kappa shape index (κ3) is 2.50. The van der Waals surface area contributed by atoms with Crippen molar-refractivity contribution in [3.8, 4) is 11.1 Å². The van der Waals surface area contributed by atoms with Gasteiger partial charge in [0.1, 0.15) is 11.8 Å². The van der Waals surface area contributed by atoms with E-state index in [2.05, 4.69) is 32.5 Å². The molecule has 1 amide bonds. The summed E-state index contributed by atoms with van der Waals surface area (Å²) >= 11 is 0. The topological polar surface area (TPSA) is 75.1 Å². The fraction of sp³-hybridized carbons (Fsp3) is 0.286. The van der Waals surface area contributed by atoms with Gasteiger partial charge in [0.2, 0.25) is 5.91 Å². The van der Waals surface area contributed by atoms with E-state index in [-0.39, 0.29) is 5.91 Å². The molecular formula is C21H18FN5O. The highest BCUT2D eigenvalue weighted by Gasteiger charge is 2.43. The Labute approximate surface area is 159 Å². The summed E-state index contributed by atoms with van der Waals surface area (Å²) in [5, 5.41) is 8.28. The lowest BCUT2D eigenvalue weighted by molar-refractivity contribution is -0.117. The maximum Gasteiger partial charge on any atom is 0.231 e. The number of aromatic nitrogens is 4. The SMILES string of the molecule is O=C(Nc1cc2cc(-c3cnc4[nH]ccc4c3C3CC3)ccn2n1)C1CC1F. The molecule has 0 aromatic carbocycles. The number of hydrogen-bond acceptors (Lipinski definition) is 3. The molecule has 0 aliphatic heterocycles. The second-order valence-corrected chi connectivity index (χ2v) is 7.76. The average molecular weight is 375 g/mol. The van der Waals surface area contributed by atoms with Crippen LogP contribution in [0.3, 0.4) is 0 Å². The van der Waals surface area contributed by atoms with Gasteiger partial charge >= 0.3 is 0 Å². The van der Waals surface area contributed by atoms with Crippen molar-refractivity contribution >= 4 is 28.3 Å². The molecule has 0 spiro atoms. The predicted molar refractivity (Wildman–Crippen MR) is 104 cm³/mol. The number of halogens is 1. The third-order valence-electron chi connectivity index (χ3n) is 5.69. The molecule has 2 fully saturated rings. The molecule has 6 rings (SSSR count). The number of anilines is 1. The minimum atomic E-state index is -1.01. The van der Waals surface area contributed by atoms with Crippen LogP contribution in [0.1, 0.15) is 30.7 Å². The molecule has 2 N–H and O–H groups in total. The van der Waals surface area contributed by atoms with Crippen molar-refractivity contribution in [2.24, 2.45) is 5.92 Å². The molecule has 2 unspecified atom stereocenters. The van der Waals surface area contributed by atoms with Crippen molar-refractivity contribution in [3.63, 3.8) is 0 Å². The van der Waals surface area contributed by atoms with Crippen LogP contribution in [0.5, 0.6) is 0 Å². The third-order valence-corrected chi connectivity index (χ3v) is 5.69. The first-order chi connectivity index (χ1) is 13.7. The number of carbonyl (C=O) groups excluding carboxylic acids is 1. The Morgan fingerprint density at radius 1 is 1.29 bits per heavy atom. The van der Waals surface area contributed by atoms with E-state index in [0.717, 1.165) is 22.3 Å². The molecule has 4 aromatic rings. The van der Waals surface area contributed by atoms with Gasteiger partial charge in [0.25, 0.3) is 0 Å². The van der Waals surface area contributed by atoms with E-state index in [1.54, 1.807) is 4.52 Å². The summed E-state index contributed by atoms with van der Waals surface area (Å²) in [6, 6.07) is 7.99. The molecule has 4 aromatic heterocycles. The van der Waals surface area contributed by atoms with Crippen molar-refractivity contribution in [3.05, 3.63) is 48.4 Å². The van der Waals surface area contributed by atoms with Gasteiger partial charge in [-0.15, -0.1) is 0 Å². The summed E-state index contributed by atoms with van der Waals surface area (Å²) in [5.41, 5.74) is 5.37. The summed E-state index contributed by atoms with van der Waals surface area (Å²) < 4.78 is 14.8. The highest BCUT2D eigenvalue weighted by molar-refractivity contribution is 5.94. The number of carbonyl (C=O) groups is 1. The minimum absolute atomic E-state index is 0.297. The molecule has 0 saturated heterocycles. The van der Waals surface area contributed by atoms with Crippen LogP contribution in [0, 0.1) is 5.92 Å². The molecule has 140 valence electrons. The normalized spacial score (nSPS) is 21.3. The molecule has 4 heterocycles. The Bertz CT molecular complexity index is 1240.